The number of carbonyl (C=O) groups is 1. The highest BCUT2D eigenvalue weighted by Crippen LogP contribution is 2.26. The molecular weight excluding hydrogens is 291 g/mol. The SMILES string of the molecule is O=C(Oc1nnc(-c2ccc3c(c2)CNC3)o1)C(F)(F)F. The van der Waals surface area contributed by atoms with Gasteiger partial charge in [-0.05, 0) is 23.3 Å². The molecule has 1 N–H and O–H groups in total. The maximum atomic E-state index is 12.0. The molecule has 1 aliphatic rings. The van der Waals surface area contributed by atoms with Gasteiger partial charge in [-0.3, -0.25) is 0 Å². The molecule has 6 nitrogen and oxygen atoms in total. The quantitative estimate of drug-likeness (QED) is 0.852. The molecule has 0 saturated heterocycles. The number of carbonyl (C=O) groups excluding carboxylic acids is 1. The molecule has 0 aliphatic carbocycles. The molecule has 0 bridgehead atoms. The second-order valence-corrected chi connectivity index (χ2v) is 4.35. The molecule has 0 atom stereocenters. The van der Waals surface area contributed by atoms with E-state index in [2.05, 4.69) is 20.3 Å². The highest BCUT2D eigenvalue weighted by molar-refractivity contribution is 5.77. The van der Waals surface area contributed by atoms with Gasteiger partial charge < -0.3 is 14.5 Å². The van der Waals surface area contributed by atoms with Gasteiger partial charge in [0, 0.05) is 18.7 Å². The zero-order valence-corrected chi connectivity index (χ0v) is 10.4. The van der Waals surface area contributed by atoms with Gasteiger partial charge in [0.25, 0.3) is 5.89 Å². The van der Waals surface area contributed by atoms with Gasteiger partial charge in [0.15, 0.2) is 0 Å². The van der Waals surface area contributed by atoms with Crippen LogP contribution in [-0.2, 0) is 17.9 Å². The average molecular weight is 299 g/mol. The Bertz CT molecular complexity index is 697. The number of halogens is 3. The van der Waals surface area contributed by atoms with Crippen molar-refractivity contribution in [2.45, 2.75) is 19.3 Å². The molecule has 0 amide bonds. The van der Waals surface area contributed by atoms with Crippen LogP contribution in [0.15, 0.2) is 22.6 Å². The number of rotatable bonds is 2. The molecule has 110 valence electrons. The van der Waals surface area contributed by atoms with Gasteiger partial charge in [-0.15, -0.1) is 5.10 Å². The lowest BCUT2D eigenvalue weighted by Crippen LogP contribution is -2.28. The Labute approximate surface area is 115 Å². The fraction of sp³-hybridized carbons (Fsp3) is 0.250. The van der Waals surface area contributed by atoms with E-state index in [4.69, 9.17) is 4.42 Å². The predicted octanol–water partition coefficient (Wildman–Crippen LogP) is 1.81. The van der Waals surface area contributed by atoms with Crippen LogP contribution in [0.5, 0.6) is 6.08 Å². The number of alkyl halides is 3. The fourth-order valence-electron chi connectivity index (χ4n) is 1.93. The largest absolute Gasteiger partial charge is 0.491 e. The van der Waals surface area contributed by atoms with E-state index in [9.17, 15) is 18.0 Å². The second kappa shape index (κ2) is 4.85. The van der Waals surface area contributed by atoms with Crippen LogP contribution in [0.3, 0.4) is 0 Å². The lowest BCUT2D eigenvalue weighted by molar-refractivity contribution is -0.191. The Hall–Kier alpha value is -2.42. The summed E-state index contributed by atoms with van der Waals surface area (Å²) >= 11 is 0. The number of nitrogens with zero attached hydrogens (tertiary/aromatic N) is 2. The average Bonchev–Trinajstić information content (AvgIpc) is 3.04. The van der Waals surface area contributed by atoms with Crippen molar-refractivity contribution < 1.29 is 27.1 Å². The smallest absolute Gasteiger partial charge is 0.388 e. The van der Waals surface area contributed by atoms with Crippen molar-refractivity contribution in [1.82, 2.24) is 15.5 Å². The van der Waals surface area contributed by atoms with Gasteiger partial charge in [0.1, 0.15) is 0 Å². The van der Waals surface area contributed by atoms with Gasteiger partial charge >= 0.3 is 18.2 Å². The maximum absolute atomic E-state index is 12.0. The molecule has 1 aromatic carbocycles. The molecule has 2 heterocycles. The van der Waals surface area contributed by atoms with E-state index in [1.54, 1.807) is 12.1 Å². The number of fused-ring (bicyclic) bond motifs is 1. The van der Waals surface area contributed by atoms with E-state index in [1.165, 1.54) is 0 Å². The Balaban J connectivity index is 1.80. The number of benzene rings is 1. The third-order valence-electron chi connectivity index (χ3n) is 2.90. The minimum absolute atomic E-state index is 0.0188. The van der Waals surface area contributed by atoms with Gasteiger partial charge in [-0.25, -0.2) is 4.79 Å². The minimum atomic E-state index is -5.12. The highest BCUT2D eigenvalue weighted by Gasteiger charge is 2.42. The third kappa shape index (κ3) is 2.72. The molecule has 0 fully saturated rings. The van der Waals surface area contributed by atoms with Crippen molar-refractivity contribution in [3.63, 3.8) is 0 Å². The summed E-state index contributed by atoms with van der Waals surface area (Å²) < 4.78 is 45.0. The first-order chi connectivity index (χ1) is 9.93. The van der Waals surface area contributed by atoms with E-state index >= 15 is 0 Å². The van der Waals surface area contributed by atoms with E-state index in [0.717, 1.165) is 17.7 Å². The topological polar surface area (TPSA) is 77.2 Å². The molecule has 0 radical (unpaired) electrons. The van der Waals surface area contributed by atoms with Crippen molar-refractivity contribution >= 4 is 5.97 Å². The standard InChI is InChI=1S/C12H8F3N3O3/c13-12(14,15)10(19)21-11-18-17-9(20-11)6-1-2-7-4-16-5-8(7)3-6/h1-3,16H,4-5H2. The first-order valence-corrected chi connectivity index (χ1v) is 5.89. The van der Waals surface area contributed by atoms with Crippen molar-refractivity contribution in [2.24, 2.45) is 0 Å². The van der Waals surface area contributed by atoms with Crippen LogP contribution < -0.4 is 10.1 Å². The molecule has 3 rings (SSSR count). The van der Waals surface area contributed by atoms with Gasteiger partial charge in [-0.1, -0.05) is 11.2 Å². The second-order valence-electron chi connectivity index (χ2n) is 4.35. The van der Waals surface area contributed by atoms with Crippen molar-refractivity contribution in [2.75, 3.05) is 0 Å². The van der Waals surface area contributed by atoms with E-state index in [-0.39, 0.29) is 5.89 Å². The zero-order chi connectivity index (χ0) is 15.0. The summed E-state index contributed by atoms with van der Waals surface area (Å²) in [5.41, 5.74) is 2.71. The number of hydrogen-bond acceptors (Lipinski definition) is 6. The summed E-state index contributed by atoms with van der Waals surface area (Å²) in [5, 5.41) is 9.98. The Kier molecular flexibility index (Phi) is 3.13. The molecule has 0 unspecified atom stereocenters. The highest BCUT2D eigenvalue weighted by atomic mass is 19.4. The molecule has 1 aromatic heterocycles. The minimum Gasteiger partial charge on any atom is -0.388 e. The van der Waals surface area contributed by atoms with E-state index in [1.807, 2.05) is 6.07 Å². The lowest BCUT2D eigenvalue weighted by atomic mass is 10.1. The number of aromatic nitrogens is 2. The van der Waals surface area contributed by atoms with Crippen LogP contribution >= 0.6 is 0 Å². The zero-order valence-electron chi connectivity index (χ0n) is 10.4. The van der Waals surface area contributed by atoms with Crippen molar-refractivity contribution in [3.05, 3.63) is 29.3 Å². The van der Waals surface area contributed by atoms with Crippen molar-refractivity contribution in [1.29, 1.82) is 0 Å². The summed E-state index contributed by atoms with van der Waals surface area (Å²) in [6.45, 7) is 1.45. The summed E-state index contributed by atoms with van der Waals surface area (Å²) in [6, 6.07) is 5.35. The summed E-state index contributed by atoms with van der Waals surface area (Å²) in [6.07, 6.45) is -5.96. The van der Waals surface area contributed by atoms with Gasteiger partial charge in [0.05, 0.1) is 0 Å². The van der Waals surface area contributed by atoms with Gasteiger partial charge in [-0.2, -0.15) is 13.2 Å². The number of hydrogen-bond donors (Lipinski definition) is 1. The normalized spacial score (nSPS) is 14.0. The predicted molar refractivity (Wildman–Crippen MR) is 62.0 cm³/mol. The van der Waals surface area contributed by atoms with Crippen LogP contribution in [0.2, 0.25) is 0 Å². The van der Waals surface area contributed by atoms with Gasteiger partial charge in [0.2, 0.25) is 0 Å². The summed E-state index contributed by atoms with van der Waals surface area (Å²) in [5.74, 6) is -2.43. The molecule has 0 saturated carbocycles. The first kappa shape index (κ1) is 13.6. The van der Waals surface area contributed by atoms with Crippen LogP contribution in [0.1, 0.15) is 11.1 Å². The fourth-order valence-corrected chi connectivity index (χ4v) is 1.93. The maximum Gasteiger partial charge on any atom is 0.491 e. The van der Waals surface area contributed by atoms with Crippen LogP contribution in [-0.4, -0.2) is 22.3 Å². The monoisotopic (exact) mass is 299 g/mol. The molecule has 21 heavy (non-hydrogen) atoms. The van der Waals surface area contributed by atoms with Crippen LogP contribution in [0.25, 0.3) is 11.5 Å². The first-order valence-electron chi connectivity index (χ1n) is 5.89. The van der Waals surface area contributed by atoms with E-state index < -0.39 is 18.2 Å². The third-order valence-corrected chi connectivity index (χ3v) is 2.90. The number of nitrogens with one attached hydrogen (secondary N) is 1. The molecule has 2 aromatic rings. The summed E-state index contributed by atoms with van der Waals surface area (Å²) in [7, 11) is 0. The lowest BCUT2D eigenvalue weighted by Gasteiger charge is -2.02. The Morgan fingerprint density at radius 2 is 2.00 bits per heavy atom. The molecule has 0 spiro atoms. The molecular formula is C12H8F3N3O3. The van der Waals surface area contributed by atoms with Crippen LogP contribution in [0.4, 0.5) is 13.2 Å². The van der Waals surface area contributed by atoms with Crippen LogP contribution in [0, 0.1) is 0 Å². The number of esters is 1. The van der Waals surface area contributed by atoms with Crippen molar-refractivity contribution in [3.8, 4) is 17.5 Å². The molecule has 1 aliphatic heterocycles. The Morgan fingerprint density at radius 1 is 1.24 bits per heavy atom. The molecule has 9 heteroatoms. The Morgan fingerprint density at radius 3 is 2.76 bits per heavy atom. The summed E-state index contributed by atoms with van der Waals surface area (Å²) in [4.78, 5) is 10.6. The van der Waals surface area contributed by atoms with E-state index in [0.29, 0.717) is 12.1 Å². The number of ether oxygens (including phenoxy) is 1.